The van der Waals surface area contributed by atoms with Gasteiger partial charge in [-0.25, -0.2) is 9.97 Å². The molecule has 0 aliphatic carbocycles. The molecule has 0 amide bonds. The number of anilines is 1. The smallest absolute Gasteiger partial charge is 0.221 e. The minimum atomic E-state index is -0.511. The number of hydrogen-bond acceptors (Lipinski definition) is 7. The topological polar surface area (TPSA) is 122 Å². The Balaban J connectivity index is 2.32. The van der Waals surface area contributed by atoms with E-state index in [0.717, 1.165) is 0 Å². The summed E-state index contributed by atoms with van der Waals surface area (Å²) in [5.74, 6) is -0.607. The summed E-state index contributed by atoms with van der Waals surface area (Å²) in [4.78, 5) is 11.2. The maximum absolute atomic E-state index is 11.4. The molecule has 0 unspecified atom stereocenters. The number of rotatable bonds is 4. The van der Waals surface area contributed by atoms with E-state index >= 15 is 0 Å². The second-order valence-corrected chi connectivity index (χ2v) is 3.03. The zero-order chi connectivity index (χ0) is 11.5. The maximum atomic E-state index is 11.4. The van der Waals surface area contributed by atoms with E-state index in [0.29, 0.717) is 5.65 Å². The maximum Gasteiger partial charge on any atom is 0.221 e. The molecule has 0 spiro atoms. The van der Waals surface area contributed by atoms with Crippen LogP contribution in [0.4, 0.5) is 5.95 Å². The van der Waals surface area contributed by atoms with Crippen molar-refractivity contribution in [1.82, 2.24) is 19.5 Å². The number of nitrogens with zero attached hydrogens (tertiary/aromatic N) is 4. The van der Waals surface area contributed by atoms with Crippen LogP contribution in [0.3, 0.4) is 0 Å². The van der Waals surface area contributed by atoms with Gasteiger partial charge in [0.15, 0.2) is 5.65 Å². The fraction of sp³-hybridized carbons (Fsp3) is 0.375. The van der Waals surface area contributed by atoms with Crippen molar-refractivity contribution in [3.8, 4) is 5.88 Å². The minimum Gasteiger partial charge on any atom is -0.857 e. The highest BCUT2D eigenvalue weighted by atomic mass is 16.5. The third kappa shape index (κ3) is 1.88. The first-order chi connectivity index (χ1) is 7.72. The number of fused-ring (bicyclic) bond motifs is 1. The highest BCUT2D eigenvalue weighted by Crippen LogP contribution is 2.17. The number of aromatic nitrogens is 4. The fourth-order valence-corrected chi connectivity index (χ4v) is 1.26. The standard InChI is InChI=1S/C8H11N5O3/c9-8-11-6-5(7(15)12-8)10-3-13(6)4-16-2-1-14/h3,14H,1-2,4H2,(H3,9,11,12,15)/p-1. The SMILES string of the molecule is Nc1nc([O-])c2ncn(COCCO)c2n1. The molecule has 8 nitrogen and oxygen atoms in total. The molecule has 0 saturated carbocycles. The van der Waals surface area contributed by atoms with Gasteiger partial charge in [0.05, 0.1) is 19.5 Å². The molecule has 86 valence electrons. The lowest BCUT2D eigenvalue weighted by Gasteiger charge is -2.07. The van der Waals surface area contributed by atoms with Crippen LogP contribution in [0.15, 0.2) is 6.33 Å². The summed E-state index contributed by atoms with van der Waals surface area (Å²) in [5.41, 5.74) is 5.85. The molecule has 3 N–H and O–H groups in total. The normalized spacial score (nSPS) is 11.1. The summed E-state index contributed by atoms with van der Waals surface area (Å²) in [5, 5.41) is 19.9. The van der Waals surface area contributed by atoms with E-state index in [1.54, 1.807) is 0 Å². The molecule has 0 bridgehead atoms. The highest BCUT2D eigenvalue weighted by molar-refractivity contribution is 5.76. The van der Waals surface area contributed by atoms with Crippen molar-refractivity contribution in [3.05, 3.63) is 6.33 Å². The summed E-state index contributed by atoms with van der Waals surface area (Å²) in [6.07, 6.45) is 1.41. The number of aliphatic hydroxyl groups excluding tert-OH is 1. The first-order valence-corrected chi connectivity index (χ1v) is 4.56. The van der Waals surface area contributed by atoms with Crippen LogP contribution in [0.2, 0.25) is 0 Å². The van der Waals surface area contributed by atoms with Gasteiger partial charge in [-0.3, -0.25) is 4.57 Å². The zero-order valence-electron chi connectivity index (χ0n) is 8.33. The van der Waals surface area contributed by atoms with Gasteiger partial charge in [-0.1, -0.05) is 0 Å². The van der Waals surface area contributed by atoms with E-state index in [1.165, 1.54) is 10.9 Å². The van der Waals surface area contributed by atoms with Crippen LogP contribution in [0.25, 0.3) is 11.2 Å². The lowest BCUT2D eigenvalue weighted by atomic mass is 10.5. The van der Waals surface area contributed by atoms with Gasteiger partial charge in [-0.2, -0.15) is 4.98 Å². The van der Waals surface area contributed by atoms with Gasteiger partial charge < -0.3 is 20.7 Å². The summed E-state index contributed by atoms with van der Waals surface area (Å²) >= 11 is 0. The van der Waals surface area contributed by atoms with E-state index in [4.69, 9.17) is 15.6 Å². The molecule has 16 heavy (non-hydrogen) atoms. The first kappa shape index (κ1) is 10.6. The van der Waals surface area contributed by atoms with Crippen molar-refractivity contribution in [2.75, 3.05) is 18.9 Å². The van der Waals surface area contributed by atoms with Gasteiger partial charge in [0.1, 0.15) is 12.2 Å². The fourth-order valence-electron chi connectivity index (χ4n) is 1.26. The Labute approximate surface area is 90.3 Å². The van der Waals surface area contributed by atoms with Crippen molar-refractivity contribution >= 4 is 17.1 Å². The molecule has 0 fully saturated rings. The van der Waals surface area contributed by atoms with Crippen LogP contribution in [0, 0.1) is 0 Å². The average molecular weight is 224 g/mol. The van der Waals surface area contributed by atoms with Crippen molar-refractivity contribution < 1.29 is 14.9 Å². The quantitative estimate of drug-likeness (QED) is 0.602. The van der Waals surface area contributed by atoms with Crippen LogP contribution in [0.5, 0.6) is 5.88 Å². The van der Waals surface area contributed by atoms with Crippen LogP contribution >= 0.6 is 0 Å². The predicted molar refractivity (Wildman–Crippen MR) is 52.2 cm³/mol. The van der Waals surface area contributed by atoms with Crippen molar-refractivity contribution in [2.45, 2.75) is 6.73 Å². The molecule has 2 rings (SSSR count). The molecule has 0 aromatic carbocycles. The van der Waals surface area contributed by atoms with Gasteiger partial charge in [-0.05, 0) is 0 Å². The molecule has 2 heterocycles. The summed E-state index contributed by atoms with van der Waals surface area (Å²) in [6.45, 7) is 0.272. The second-order valence-electron chi connectivity index (χ2n) is 3.03. The van der Waals surface area contributed by atoms with Crippen LogP contribution in [0.1, 0.15) is 0 Å². The van der Waals surface area contributed by atoms with Crippen LogP contribution in [-0.2, 0) is 11.5 Å². The van der Waals surface area contributed by atoms with Gasteiger partial charge in [0.25, 0.3) is 0 Å². The Kier molecular flexibility index (Phi) is 2.84. The summed E-state index contributed by atoms with van der Waals surface area (Å²) < 4.78 is 6.60. The number of hydrogen-bond donors (Lipinski definition) is 2. The Morgan fingerprint density at radius 3 is 3.06 bits per heavy atom. The largest absolute Gasteiger partial charge is 0.857 e. The molecule has 0 saturated heterocycles. The number of nitrogen functional groups attached to an aromatic ring is 1. The highest BCUT2D eigenvalue weighted by Gasteiger charge is 2.06. The van der Waals surface area contributed by atoms with E-state index in [-0.39, 0.29) is 31.4 Å². The molecule has 2 aromatic heterocycles. The second kappa shape index (κ2) is 4.29. The van der Waals surface area contributed by atoms with Crippen molar-refractivity contribution in [3.63, 3.8) is 0 Å². The number of aliphatic hydroxyl groups is 1. The first-order valence-electron chi connectivity index (χ1n) is 4.56. The molecular weight excluding hydrogens is 214 g/mol. The average Bonchev–Trinajstić information content (AvgIpc) is 2.62. The Morgan fingerprint density at radius 1 is 1.50 bits per heavy atom. The molecular formula is C8H10N5O3-. The monoisotopic (exact) mass is 224 g/mol. The van der Waals surface area contributed by atoms with Gasteiger partial charge in [0.2, 0.25) is 5.95 Å². The molecule has 0 aliphatic rings. The van der Waals surface area contributed by atoms with Gasteiger partial charge in [-0.15, -0.1) is 0 Å². The number of imidazole rings is 1. The number of nitrogens with two attached hydrogens (primary N) is 1. The molecule has 0 aliphatic heterocycles. The third-order valence-corrected chi connectivity index (χ3v) is 1.92. The lowest BCUT2D eigenvalue weighted by molar-refractivity contribution is -0.272. The van der Waals surface area contributed by atoms with E-state index < -0.39 is 5.88 Å². The molecule has 8 heteroatoms. The molecule has 0 atom stereocenters. The van der Waals surface area contributed by atoms with E-state index in [9.17, 15) is 5.11 Å². The minimum absolute atomic E-state index is 0.0729. The molecule has 2 aromatic rings. The van der Waals surface area contributed by atoms with Crippen molar-refractivity contribution in [2.24, 2.45) is 0 Å². The number of ether oxygens (including phenoxy) is 1. The van der Waals surface area contributed by atoms with E-state index in [1.807, 2.05) is 0 Å². The van der Waals surface area contributed by atoms with Crippen LogP contribution in [-0.4, -0.2) is 37.8 Å². The zero-order valence-corrected chi connectivity index (χ0v) is 8.33. The summed E-state index contributed by atoms with van der Waals surface area (Å²) in [6, 6.07) is 0. The Hall–Kier alpha value is -1.93. The molecule has 0 radical (unpaired) electrons. The van der Waals surface area contributed by atoms with Crippen LogP contribution < -0.4 is 10.8 Å². The predicted octanol–water partition coefficient (Wildman–Crippen LogP) is -1.55. The Morgan fingerprint density at radius 2 is 2.31 bits per heavy atom. The van der Waals surface area contributed by atoms with Gasteiger partial charge in [0, 0.05) is 5.88 Å². The van der Waals surface area contributed by atoms with E-state index in [2.05, 4.69) is 15.0 Å². The summed E-state index contributed by atoms with van der Waals surface area (Å²) in [7, 11) is 0. The lowest BCUT2D eigenvalue weighted by Crippen LogP contribution is -2.07. The Bertz CT molecular complexity index is 498. The van der Waals surface area contributed by atoms with Gasteiger partial charge >= 0.3 is 0 Å². The third-order valence-electron chi connectivity index (χ3n) is 1.92. The van der Waals surface area contributed by atoms with Crippen molar-refractivity contribution in [1.29, 1.82) is 0 Å².